The summed E-state index contributed by atoms with van der Waals surface area (Å²) in [5, 5.41) is 17.8. The quantitative estimate of drug-likeness (QED) is 0.155. The summed E-state index contributed by atoms with van der Waals surface area (Å²) in [6.45, 7) is 0. The minimum absolute atomic E-state index is 0.0114. The van der Waals surface area contributed by atoms with Crippen molar-refractivity contribution in [3.05, 3.63) is 172 Å². The van der Waals surface area contributed by atoms with E-state index in [-0.39, 0.29) is 11.6 Å². The van der Waals surface area contributed by atoms with Crippen molar-refractivity contribution in [2.75, 3.05) is 0 Å². The average Bonchev–Trinajstić information content (AvgIpc) is 3.03. The fourth-order valence-electron chi connectivity index (χ4n) is 4.66. The lowest BCUT2D eigenvalue weighted by Gasteiger charge is -2.29. The van der Waals surface area contributed by atoms with Gasteiger partial charge in [0, 0.05) is 23.8 Å². The molecule has 1 N–H and O–H groups in total. The van der Waals surface area contributed by atoms with E-state index in [1.807, 2.05) is 78.9 Å². The Morgan fingerprint density at radius 2 is 0.977 bits per heavy atom. The van der Waals surface area contributed by atoms with Crippen molar-refractivity contribution in [3.8, 4) is 0 Å². The summed E-state index contributed by atoms with van der Waals surface area (Å²) in [4.78, 5) is 24.6. The molecule has 0 saturated heterocycles. The molecule has 44 heavy (non-hydrogen) atoms. The van der Waals surface area contributed by atoms with Crippen LogP contribution in [0.15, 0.2) is 151 Å². The SMILES string of the molecule is O=C(N/C(=C/c1ccc([N+](=O)[O-])cc1)[P+](c1ccccc1)(c1ccccc1)c1ccccc1)c1ccccc1.[O-][Cl+3]([O-])([O-])[O-]. The van der Waals surface area contributed by atoms with Crippen LogP contribution in [0.4, 0.5) is 5.69 Å². The molecule has 0 saturated carbocycles. The number of halogens is 1. The smallest absolute Gasteiger partial charge is 0.269 e. The summed E-state index contributed by atoms with van der Waals surface area (Å²) in [5.74, 6) is -0.226. The van der Waals surface area contributed by atoms with Gasteiger partial charge in [0.2, 0.25) is 0 Å². The van der Waals surface area contributed by atoms with Crippen molar-refractivity contribution in [1.29, 1.82) is 0 Å². The number of nitro groups is 1. The highest BCUT2D eigenvalue weighted by atomic mass is 35.7. The Bertz CT molecular complexity index is 1600. The number of carbonyl (C=O) groups excluding carboxylic acids is 1. The summed E-state index contributed by atoms with van der Waals surface area (Å²) < 4.78 is 34.0. The molecular weight excluding hydrogens is 603 g/mol. The first-order valence-corrected chi connectivity index (χ1v) is 16.1. The number of nitrogens with zero attached hydrogens (tertiary/aromatic N) is 1. The molecule has 9 nitrogen and oxygen atoms in total. The highest BCUT2D eigenvalue weighted by Gasteiger charge is 2.50. The van der Waals surface area contributed by atoms with Crippen LogP contribution in [0.1, 0.15) is 15.9 Å². The average molecular weight is 629 g/mol. The van der Waals surface area contributed by atoms with Crippen LogP contribution in [0.25, 0.3) is 6.08 Å². The Morgan fingerprint density at radius 1 is 0.614 bits per heavy atom. The van der Waals surface area contributed by atoms with Crippen LogP contribution < -0.4 is 39.9 Å². The van der Waals surface area contributed by atoms with E-state index < -0.39 is 22.4 Å². The van der Waals surface area contributed by atoms with Gasteiger partial charge in [-0.2, -0.15) is 0 Å². The van der Waals surface area contributed by atoms with Crippen LogP contribution in [0.3, 0.4) is 0 Å². The number of benzene rings is 5. The number of hydrogen-bond donors (Lipinski definition) is 1. The summed E-state index contributed by atoms with van der Waals surface area (Å²) in [7, 11) is -7.58. The number of nitrogens with one attached hydrogen (secondary N) is 1. The number of non-ortho nitro benzene ring substituents is 1. The van der Waals surface area contributed by atoms with E-state index >= 15 is 0 Å². The lowest BCUT2D eigenvalue weighted by Crippen LogP contribution is -2.68. The second-order valence-corrected chi connectivity index (χ2v) is 13.4. The van der Waals surface area contributed by atoms with Crippen molar-refractivity contribution >= 4 is 40.8 Å². The zero-order valence-electron chi connectivity index (χ0n) is 23.1. The van der Waals surface area contributed by atoms with Crippen molar-refractivity contribution in [2.45, 2.75) is 0 Å². The Hall–Kier alpha value is -4.73. The summed E-state index contributed by atoms with van der Waals surface area (Å²) in [6, 6.07) is 46.1. The largest absolute Gasteiger partial charge is 0.292 e. The van der Waals surface area contributed by atoms with Gasteiger partial charge in [-0.15, -0.1) is 10.2 Å². The van der Waals surface area contributed by atoms with Gasteiger partial charge >= 0.3 is 0 Å². The summed E-state index contributed by atoms with van der Waals surface area (Å²) in [6.07, 6.45) is 1.95. The van der Waals surface area contributed by atoms with E-state index in [4.69, 9.17) is 18.6 Å². The highest BCUT2D eigenvalue weighted by Crippen LogP contribution is 2.61. The number of amides is 1. The van der Waals surface area contributed by atoms with Gasteiger partial charge in [-0.25, -0.2) is 18.6 Å². The maximum atomic E-state index is 13.7. The van der Waals surface area contributed by atoms with Gasteiger partial charge in [0.05, 0.1) is 4.92 Å². The topological polar surface area (TPSA) is 164 Å². The van der Waals surface area contributed by atoms with Crippen molar-refractivity contribution in [1.82, 2.24) is 5.32 Å². The Balaban J connectivity index is 0.000000818. The molecule has 0 heterocycles. The molecule has 0 radical (unpaired) electrons. The van der Waals surface area contributed by atoms with E-state index in [1.54, 1.807) is 24.3 Å². The fourth-order valence-corrected chi connectivity index (χ4v) is 8.86. The molecule has 0 fully saturated rings. The molecule has 5 rings (SSSR count). The van der Waals surface area contributed by atoms with Crippen LogP contribution in [0.5, 0.6) is 0 Å². The summed E-state index contributed by atoms with van der Waals surface area (Å²) in [5.41, 5.74) is 2.03. The second kappa shape index (κ2) is 14.6. The molecule has 11 heteroatoms. The molecule has 1 amide bonds. The van der Waals surface area contributed by atoms with Crippen molar-refractivity contribution < 1.29 is 38.6 Å². The van der Waals surface area contributed by atoms with Crippen molar-refractivity contribution in [3.63, 3.8) is 0 Å². The number of rotatable bonds is 8. The standard InChI is InChI=1S/C33H25N2O3P.ClHO4/c36-33(27-13-5-1-6-14-27)34-32(25-26-21-23-28(24-22-26)35(37)38)39(29-15-7-2-8-16-29,30-17-9-3-10-18-30)31-19-11-4-12-20-31;2-1(3,4)5/h1-25H;(H,2,3,4,5)/b32-25-;. The predicted molar refractivity (Wildman–Crippen MR) is 160 cm³/mol. The van der Waals surface area contributed by atoms with Crippen LogP contribution in [0, 0.1) is 20.4 Å². The molecule has 0 aliphatic heterocycles. The zero-order valence-corrected chi connectivity index (χ0v) is 24.7. The number of nitro benzene ring substituents is 1. The predicted octanol–water partition coefficient (Wildman–Crippen LogP) is 1.56. The molecule has 0 bridgehead atoms. The van der Waals surface area contributed by atoms with Crippen LogP contribution in [-0.4, -0.2) is 10.8 Å². The van der Waals surface area contributed by atoms with Crippen molar-refractivity contribution in [2.24, 2.45) is 0 Å². The Labute approximate surface area is 256 Å². The maximum Gasteiger partial charge on any atom is 0.269 e. The van der Waals surface area contributed by atoms with E-state index in [9.17, 15) is 14.9 Å². The Kier molecular flexibility index (Phi) is 10.7. The third-order valence-electron chi connectivity index (χ3n) is 6.48. The third-order valence-corrected chi connectivity index (χ3v) is 10.7. The molecule has 0 aromatic heterocycles. The van der Waals surface area contributed by atoms with E-state index in [0.29, 0.717) is 5.56 Å². The monoisotopic (exact) mass is 628 g/mol. The van der Waals surface area contributed by atoms with Gasteiger partial charge in [-0.1, -0.05) is 72.8 Å². The van der Waals surface area contributed by atoms with Crippen LogP contribution in [-0.2, 0) is 0 Å². The zero-order chi connectivity index (χ0) is 31.6. The van der Waals surface area contributed by atoms with Gasteiger partial charge in [0.25, 0.3) is 11.6 Å². The van der Waals surface area contributed by atoms with Gasteiger partial charge in [0.1, 0.15) is 15.9 Å². The van der Waals surface area contributed by atoms with Gasteiger partial charge in [-0.3, -0.25) is 20.2 Å². The number of carbonyl (C=O) groups is 1. The van der Waals surface area contributed by atoms with Gasteiger partial charge in [0.15, 0.2) is 12.7 Å². The fraction of sp³-hybridized carbons (Fsp3) is 0. The first-order chi connectivity index (χ1) is 21.1. The normalized spacial score (nSPS) is 11.6. The Morgan fingerprint density at radius 3 is 1.34 bits per heavy atom. The molecule has 0 unspecified atom stereocenters. The van der Waals surface area contributed by atoms with E-state index in [2.05, 4.69) is 41.7 Å². The maximum absolute atomic E-state index is 13.7. The molecule has 5 aromatic rings. The number of hydrogen-bond acceptors (Lipinski definition) is 7. The van der Waals surface area contributed by atoms with Gasteiger partial charge in [-0.05, 0) is 66.2 Å². The molecule has 0 aliphatic carbocycles. The molecule has 0 aliphatic rings. The minimum Gasteiger partial charge on any atom is -0.292 e. The molecule has 5 aromatic carbocycles. The molecule has 222 valence electrons. The molecular formula is C33H26ClN2O7P. The highest BCUT2D eigenvalue weighted by molar-refractivity contribution is 7.99. The minimum atomic E-state index is -4.94. The first kappa shape index (κ1) is 32.2. The lowest BCUT2D eigenvalue weighted by atomic mass is 10.2. The molecule has 0 atom stereocenters. The van der Waals surface area contributed by atoms with Gasteiger partial charge < -0.3 is 0 Å². The van der Waals surface area contributed by atoms with E-state index in [1.165, 1.54) is 12.1 Å². The van der Waals surface area contributed by atoms with Crippen LogP contribution in [0.2, 0.25) is 0 Å². The van der Waals surface area contributed by atoms with Crippen LogP contribution >= 0.6 is 7.26 Å². The third kappa shape index (κ3) is 8.21. The first-order valence-electron chi connectivity index (χ1n) is 13.1. The lowest BCUT2D eigenvalue weighted by molar-refractivity contribution is -2.00. The van der Waals surface area contributed by atoms with E-state index in [0.717, 1.165) is 26.9 Å². The molecule has 0 spiro atoms. The summed E-state index contributed by atoms with van der Waals surface area (Å²) >= 11 is 0. The second-order valence-electron chi connectivity index (χ2n) is 9.25.